The molecule has 0 saturated heterocycles. The summed E-state index contributed by atoms with van der Waals surface area (Å²) in [4.78, 5) is 11.0. The normalized spacial score (nSPS) is 9.55. The van der Waals surface area contributed by atoms with Crippen molar-refractivity contribution in [2.45, 2.75) is 0 Å². The molecule has 0 fully saturated rings. The highest BCUT2D eigenvalue weighted by atomic mass is 35.5. The van der Waals surface area contributed by atoms with Gasteiger partial charge >= 0.3 is 0 Å². The van der Waals surface area contributed by atoms with Crippen LogP contribution in [0.15, 0.2) is 22.8 Å². The summed E-state index contributed by atoms with van der Waals surface area (Å²) in [7, 11) is 0. The minimum absolute atomic E-state index is 0.226. The number of alkyl halides is 1. The van der Waals surface area contributed by atoms with Gasteiger partial charge in [-0.15, -0.1) is 11.6 Å². The van der Waals surface area contributed by atoms with Crippen LogP contribution in [0.3, 0.4) is 0 Å². The van der Waals surface area contributed by atoms with Crippen LogP contribution in [0.4, 0.5) is 0 Å². The molecule has 1 aromatic rings. The second kappa shape index (κ2) is 4.03. The summed E-state index contributed by atoms with van der Waals surface area (Å²) in [6.07, 6.45) is 1.45. The molecular formula is C7H8ClNO2. The van der Waals surface area contributed by atoms with Crippen LogP contribution in [-0.2, 0) is 0 Å². The van der Waals surface area contributed by atoms with Crippen LogP contribution in [0.5, 0.6) is 0 Å². The van der Waals surface area contributed by atoms with Crippen LogP contribution in [-0.4, -0.2) is 18.3 Å². The van der Waals surface area contributed by atoms with Gasteiger partial charge in [-0.05, 0) is 12.1 Å². The Hall–Kier alpha value is -0.960. The number of carbonyl (C=O) groups excluding carboxylic acids is 1. The standard InChI is InChI=1S/C7H8ClNO2/c8-3-4-9-7(10)6-2-1-5-11-6/h1-2,5H,3-4H2,(H,9,10). The molecule has 0 radical (unpaired) electrons. The first kappa shape index (κ1) is 8.14. The molecule has 0 aliphatic carbocycles. The van der Waals surface area contributed by atoms with E-state index in [9.17, 15) is 4.79 Å². The predicted octanol–water partition coefficient (Wildman–Crippen LogP) is 1.25. The summed E-state index contributed by atoms with van der Waals surface area (Å²) >= 11 is 5.36. The van der Waals surface area contributed by atoms with E-state index in [-0.39, 0.29) is 5.91 Å². The Bertz CT molecular complexity index is 220. The Balaban J connectivity index is 2.43. The van der Waals surface area contributed by atoms with Crippen molar-refractivity contribution in [1.29, 1.82) is 0 Å². The van der Waals surface area contributed by atoms with Gasteiger partial charge in [0, 0.05) is 12.4 Å². The molecular weight excluding hydrogens is 166 g/mol. The number of amides is 1. The van der Waals surface area contributed by atoms with Crippen molar-refractivity contribution in [3.05, 3.63) is 24.2 Å². The lowest BCUT2D eigenvalue weighted by Crippen LogP contribution is -2.24. The number of halogens is 1. The Morgan fingerprint density at radius 1 is 1.73 bits per heavy atom. The minimum atomic E-state index is -0.226. The van der Waals surface area contributed by atoms with Crippen molar-refractivity contribution in [2.24, 2.45) is 0 Å². The topological polar surface area (TPSA) is 42.2 Å². The van der Waals surface area contributed by atoms with E-state index in [0.29, 0.717) is 18.2 Å². The second-order valence-corrected chi connectivity index (χ2v) is 2.30. The summed E-state index contributed by atoms with van der Waals surface area (Å²) in [5.41, 5.74) is 0. The fraction of sp³-hybridized carbons (Fsp3) is 0.286. The van der Waals surface area contributed by atoms with Crippen LogP contribution in [0, 0.1) is 0 Å². The van der Waals surface area contributed by atoms with Gasteiger partial charge in [-0.2, -0.15) is 0 Å². The van der Waals surface area contributed by atoms with Crippen molar-refractivity contribution >= 4 is 17.5 Å². The SMILES string of the molecule is O=C(NCCCl)c1ccco1. The van der Waals surface area contributed by atoms with E-state index in [2.05, 4.69) is 5.32 Å². The number of nitrogens with one attached hydrogen (secondary N) is 1. The largest absolute Gasteiger partial charge is 0.459 e. The van der Waals surface area contributed by atoms with Crippen molar-refractivity contribution in [3.8, 4) is 0 Å². The van der Waals surface area contributed by atoms with E-state index in [1.54, 1.807) is 12.1 Å². The van der Waals surface area contributed by atoms with Crippen LogP contribution in [0.1, 0.15) is 10.6 Å². The smallest absolute Gasteiger partial charge is 0.287 e. The molecule has 0 aliphatic rings. The monoisotopic (exact) mass is 173 g/mol. The summed E-state index contributed by atoms with van der Waals surface area (Å²) in [5, 5.41) is 2.57. The van der Waals surface area contributed by atoms with Crippen molar-refractivity contribution in [1.82, 2.24) is 5.32 Å². The quantitative estimate of drug-likeness (QED) is 0.699. The lowest BCUT2D eigenvalue weighted by molar-refractivity contribution is 0.0928. The molecule has 4 heteroatoms. The second-order valence-electron chi connectivity index (χ2n) is 1.92. The summed E-state index contributed by atoms with van der Waals surface area (Å²) in [5.74, 6) is 0.498. The van der Waals surface area contributed by atoms with Gasteiger partial charge < -0.3 is 9.73 Å². The Kier molecular flexibility index (Phi) is 2.98. The lowest BCUT2D eigenvalue weighted by atomic mass is 10.4. The predicted molar refractivity (Wildman–Crippen MR) is 41.8 cm³/mol. The number of furan rings is 1. The van der Waals surface area contributed by atoms with Gasteiger partial charge in [0.2, 0.25) is 0 Å². The fourth-order valence-electron chi connectivity index (χ4n) is 0.656. The third-order valence-corrected chi connectivity index (χ3v) is 1.31. The first-order valence-corrected chi connectivity index (χ1v) is 3.75. The maximum Gasteiger partial charge on any atom is 0.287 e. The molecule has 0 saturated carbocycles. The Labute approximate surface area is 69.3 Å². The average molecular weight is 174 g/mol. The zero-order valence-electron chi connectivity index (χ0n) is 5.84. The van der Waals surface area contributed by atoms with Gasteiger partial charge in [0.1, 0.15) is 0 Å². The molecule has 0 aromatic carbocycles. The molecule has 0 spiro atoms. The first-order valence-electron chi connectivity index (χ1n) is 3.22. The maximum atomic E-state index is 11.0. The minimum Gasteiger partial charge on any atom is -0.459 e. The summed E-state index contributed by atoms with van der Waals surface area (Å²) in [6.45, 7) is 0.459. The van der Waals surface area contributed by atoms with Gasteiger partial charge in [0.25, 0.3) is 5.91 Å². The number of hydrogen-bond donors (Lipinski definition) is 1. The van der Waals surface area contributed by atoms with E-state index in [4.69, 9.17) is 16.0 Å². The third kappa shape index (κ3) is 2.27. The van der Waals surface area contributed by atoms with Gasteiger partial charge in [-0.3, -0.25) is 4.79 Å². The molecule has 0 unspecified atom stereocenters. The molecule has 1 aromatic heterocycles. The molecule has 0 atom stereocenters. The summed E-state index contributed by atoms with van der Waals surface area (Å²) in [6, 6.07) is 3.26. The molecule has 0 aliphatic heterocycles. The first-order chi connectivity index (χ1) is 5.34. The Morgan fingerprint density at radius 3 is 3.09 bits per heavy atom. The highest BCUT2D eigenvalue weighted by molar-refractivity contribution is 6.18. The van der Waals surface area contributed by atoms with Gasteiger partial charge in [0.05, 0.1) is 6.26 Å². The van der Waals surface area contributed by atoms with Crippen molar-refractivity contribution < 1.29 is 9.21 Å². The molecule has 0 bridgehead atoms. The molecule has 1 heterocycles. The zero-order chi connectivity index (χ0) is 8.10. The number of hydrogen-bond acceptors (Lipinski definition) is 2. The van der Waals surface area contributed by atoms with Crippen LogP contribution < -0.4 is 5.32 Å². The number of carbonyl (C=O) groups is 1. The van der Waals surface area contributed by atoms with E-state index < -0.39 is 0 Å². The van der Waals surface area contributed by atoms with E-state index >= 15 is 0 Å². The molecule has 3 nitrogen and oxygen atoms in total. The van der Waals surface area contributed by atoms with Crippen LogP contribution >= 0.6 is 11.6 Å². The molecule has 11 heavy (non-hydrogen) atoms. The van der Waals surface area contributed by atoms with Crippen LogP contribution in [0.2, 0.25) is 0 Å². The molecule has 1 rings (SSSR count). The van der Waals surface area contributed by atoms with Crippen molar-refractivity contribution in [3.63, 3.8) is 0 Å². The highest BCUT2D eigenvalue weighted by Gasteiger charge is 2.05. The van der Waals surface area contributed by atoms with Crippen molar-refractivity contribution in [2.75, 3.05) is 12.4 Å². The maximum absolute atomic E-state index is 11.0. The summed E-state index contributed by atoms with van der Waals surface area (Å²) < 4.78 is 4.84. The lowest BCUT2D eigenvalue weighted by Gasteiger charge is -1.97. The molecule has 1 amide bonds. The van der Waals surface area contributed by atoms with Crippen LogP contribution in [0.25, 0.3) is 0 Å². The molecule has 1 N–H and O–H groups in total. The molecule has 60 valence electrons. The van der Waals surface area contributed by atoms with E-state index in [1.165, 1.54) is 6.26 Å². The highest BCUT2D eigenvalue weighted by Crippen LogP contribution is 1.98. The third-order valence-electron chi connectivity index (χ3n) is 1.13. The van der Waals surface area contributed by atoms with Gasteiger partial charge in [-0.25, -0.2) is 0 Å². The van der Waals surface area contributed by atoms with E-state index in [1.807, 2.05) is 0 Å². The van der Waals surface area contributed by atoms with Gasteiger partial charge in [-0.1, -0.05) is 0 Å². The number of rotatable bonds is 3. The van der Waals surface area contributed by atoms with E-state index in [0.717, 1.165) is 0 Å². The zero-order valence-corrected chi connectivity index (χ0v) is 6.60. The Morgan fingerprint density at radius 2 is 2.55 bits per heavy atom. The average Bonchev–Trinajstić information content (AvgIpc) is 2.52. The van der Waals surface area contributed by atoms with Gasteiger partial charge in [0.15, 0.2) is 5.76 Å². The fourth-order valence-corrected chi connectivity index (χ4v) is 0.750.